The monoisotopic (exact) mass is 245 g/mol. The molecule has 0 radical (unpaired) electrons. The Morgan fingerprint density at radius 2 is 2.33 bits per heavy atom. The van der Waals surface area contributed by atoms with Crippen LogP contribution in [0.5, 0.6) is 0 Å². The van der Waals surface area contributed by atoms with E-state index in [0.717, 1.165) is 18.0 Å². The van der Waals surface area contributed by atoms with E-state index in [1.165, 1.54) is 12.8 Å². The SMILES string of the molecule is CC1CCCN(c2ccn3nccc3n2)C1CN. The average Bonchev–Trinajstić information content (AvgIpc) is 2.85. The van der Waals surface area contributed by atoms with Gasteiger partial charge in [0.1, 0.15) is 5.82 Å². The number of nitrogens with zero attached hydrogens (tertiary/aromatic N) is 4. The maximum atomic E-state index is 5.93. The zero-order chi connectivity index (χ0) is 12.5. The quantitative estimate of drug-likeness (QED) is 0.866. The molecule has 1 aliphatic rings. The third kappa shape index (κ3) is 1.84. The van der Waals surface area contributed by atoms with Crippen LogP contribution in [0.25, 0.3) is 5.65 Å². The number of hydrogen-bond acceptors (Lipinski definition) is 4. The molecular weight excluding hydrogens is 226 g/mol. The minimum atomic E-state index is 0.400. The van der Waals surface area contributed by atoms with Crippen LogP contribution in [-0.2, 0) is 0 Å². The van der Waals surface area contributed by atoms with Gasteiger partial charge in [-0.05, 0) is 24.8 Å². The molecule has 2 atom stereocenters. The number of rotatable bonds is 2. The predicted octanol–water partition coefficient (Wildman–Crippen LogP) is 1.29. The summed E-state index contributed by atoms with van der Waals surface area (Å²) in [5.41, 5.74) is 6.82. The van der Waals surface area contributed by atoms with Crippen LogP contribution in [0.4, 0.5) is 5.82 Å². The molecule has 0 aliphatic carbocycles. The third-order valence-corrected chi connectivity index (χ3v) is 3.89. The largest absolute Gasteiger partial charge is 0.352 e. The van der Waals surface area contributed by atoms with Crippen molar-refractivity contribution in [3.8, 4) is 0 Å². The second-order valence-corrected chi connectivity index (χ2v) is 5.04. The van der Waals surface area contributed by atoms with E-state index in [0.29, 0.717) is 18.5 Å². The van der Waals surface area contributed by atoms with E-state index in [2.05, 4.69) is 21.9 Å². The predicted molar refractivity (Wildman–Crippen MR) is 71.6 cm³/mol. The third-order valence-electron chi connectivity index (χ3n) is 3.89. The van der Waals surface area contributed by atoms with Gasteiger partial charge in [0, 0.05) is 31.4 Å². The molecule has 1 aliphatic heterocycles. The van der Waals surface area contributed by atoms with E-state index >= 15 is 0 Å². The number of aromatic nitrogens is 3. The molecule has 2 unspecified atom stereocenters. The van der Waals surface area contributed by atoms with Crippen molar-refractivity contribution >= 4 is 11.5 Å². The van der Waals surface area contributed by atoms with Gasteiger partial charge in [-0.25, -0.2) is 9.50 Å². The van der Waals surface area contributed by atoms with Crippen LogP contribution in [-0.4, -0.2) is 33.7 Å². The van der Waals surface area contributed by atoms with Crippen molar-refractivity contribution in [3.05, 3.63) is 24.5 Å². The number of hydrogen-bond donors (Lipinski definition) is 1. The Bertz CT molecular complexity index is 535. The van der Waals surface area contributed by atoms with Crippen LogP contribution in [0.1, 0.15) is 19.8 Å². The average molecular weight is 245 g/mol. The molecule has 18 heavy (non-hydrogen) atoms. The molecule has 3 rings (SSSR count). The van der Waals surface area contributed by atoms with E-state index in [1.807, 2.05) is 18.3 Å². The lowest BCUT2D eigenvalue weighted by molar-refractivity contribution is 0.348. The Balaban J connectivity index is 1.96. The fourth-order valence-electron chi connectivity index (χ4n) is 2.86. The Morgan fingerprint density at radius 3 is 3.17 bits per heavy atom. The van der Waals surface area contributed by atoms with Gasteiger partial charge in [-0.1, -0.05) is 6.92 Å². The number of piperidine rings is 1. The van der Waals surface area contributed by atoms with Gasteiger partial charge in [0.05, 0.1) is 6.20 Å². The van der Waals surface area contributed by atoms with Crippen molar-refractivity contribution in [1.29, 1.82) is 0 Å². The van der Waals surface area contributed by atoms with Crippen molar-refractivity contribution in [2.24, 2.45) is 11.7 Å². The molecule has 0 spiro atoms. The summed E-state index contributed by atoms with van der Waals surface area (Å²) in [6, 6.07) is 4.35. The number of nitrogens with two attached hydrogens (primary N) is 1. The zero-order valence-corrected chi connectivity index (χ0v) is 10.7. The molecule has 5 nitrogen and oxygen atoms in total. The van der Waals surface area contributed by atoms with Gasteiger partial charge in [0.15, 0.2) is 5.65 Å². The fourth-order valence-corrected chi connectivity index (χ4v) is 2.86. The zero-order valence-electron chi connectivity index (χ0n) is 10.7. The highest BCUT2D eigenvalue weighted by molar-refractivity contribution is 5.48. The fraction of sp³-hybridized carbons (Fsp3) is 0.538. The van der Waals surface area contributed by atoms with Crippen LogP contribution < -0.4 is 10.6 Å². The molecule has 0 saturated carbocycles. The molecule has 2 aromatic rings. The minimum Gasteiger partial charge on any atom is -0.352 e. The Labute approximate surface area is 107 Å². The van der Waals surface area contributed by atoms with Gasteiger partial charge < -0.3 is 10.6 Å². The second kappa shape index (κ2) is 4.57. The first-order valence-corrected chi connectivity index (χ1v) is 6.56. The maximum absolute atomic E-state index is 5.93. The standard InChI is InChI=1S/C13H19N5/c1-10-3-2-7-17(11(10)9-14)12-5-8-18-13(16-12)4-6-15-18/h4-6,8,10-11H,2-3,7,9,14H2,1H3. The van der Waals surface area contributed by atoms with Gasteiger partial charge in [-0.3, -0.25) is 0 Å². The minimum absolute atomic E-state index is 0.400. The summed E-state index contributed by atoms with van der Waals surface area (Å²) in [7, 11) is 0. The highest BCUT2D eigenvalue weighted by atomic mass is 15.3. The molecule has 1 fully saturated rings. The molecule has 1 saturated heterocycles. The molecule has 2 N–H and O–H groups in total. The normalized spacial score (nSPS) is 24.7. The molecule has 0 aromatic carbocycles. The van der Waals surface area contributed by atoms with Gasteiger partial charge in [0.2, 0.25) is 0 Å². The van der Waals surface area contributed by atoms with E-state index in [-0.39, 0.29) is 0 Å². The lowest BCUT2D eigenvalue weighted by Crippen LogP contribution is -2.49. The van der Waals surface area contributed by atoms with Crippen molar-refractivity contribution in [1.82, 2.24) is 14.6 Å². The highest BCUT2D eigenvalue weighted by Crippen LogP contribution is 2.27. The van der Waals surface area contributed by atoms with Gasteiger partial charge >= 0.3 is 0 Å². The Hall–Kier alpha value is -1.62. The lowest BCUT2D eigenvalue weighted by atomic mass is 9.91. The summed E-state index contributed by atoms with van der Waals surface area (Å²) < 4.78 is 1.79. The van der Waals surface area contributed by atoms with Crippen LogP contribution in [0.15, 0.2) is 24.5 Å². The lowest BCUT2D eigenvalue weighted by Gasteiger charge is -2.40. The Morgan fingerprint density at radius 1 is 1.44 bits per heavy atom. The summed E-state index contributed by atoms with van der Waals surface area (Å²) in [6.07, 6.45) is 6.20. The van der Waals surface area contributed by atoms with E-state index in [1.54, 1.807) is 10.7 Å². The topological polar surface area (TPSA) is 59.5 Å². The molecule has 2 aromatic heterocycles. The molecule has 5 heteroatoms. The summed E-state index contributed by atoms with van der Waals surface area (Å²) in [5, 5.41) is 4.17. The first-order valence-electron chi connectivity index (χ1n) is 6.56. The number of anilines is 1. The van der Waals surface area contributed by atoms with E-state index in [4.69, 9.17) is 5.73 Å². The van der Waals surface area contributed by atoms with Crippen LogP contribution in [0.2, 0.25) is 0 Å². The van der Waals surface area contributed by atoms with Crippen LogP contribution in [0, 0.1) is 5.92 Å². The Kier molecular flexibility index (Phi) is 2.91. The molecular formula is C13H19N5. The summed E-state index contributed by atoms with van der Waals surface area (Å²) in [5.74, 6) is 1.65. The molecule has 0 amide bonds. The van der Waals surface area contributed by atoms with Gasteiger partial charge in [-0.2, -0.15) is 5.10 Å². The first kappa shape index (κ1) is 11.5. The van der Waals surface area contributed by atoms with Crippen LogP contribution >= 0.6 is 0 Å². The van der Waals surface area contributed by atoms with Crippen LogP contribution in [0.3, 0.4) is 0 Å². The molecule has 0 bridgehead atoms. The second-order valence-electron chi connectivity index (χ2n) is 5.04. The van der Waals surface area contributed by atoms with E-state index in [9.17, 15) is 0 Å². The van der Waals surface area contributed by atoms with Crippen molar-refractivity contribution in [2.45, 2.75) is 25.8 Å². The number of fused-ring (bicyclic) bond motifs is 1. The summed E-state index contributed by atoms with van der Waals surface area (Å²) >= 11 is 0. The van der Waals surface area contributed by atoms with Gasteiger partial charge in [0.25, 0.3) is 0 Å². The molecule has 3 heterocycles. The first-order chi connectivity index (χ1) is 8.79. The summed E-state index contributed by atoms with van der Waals surface area (Å²) in [4.78, 5) is 7.01. The smallest absolute Gasteiger partial charge is 0.157 e. The van der Waals surface area contributed by atoms with Gasteiger partial charge in [-0.15, -0.1) is 0 Å². The molecule has 96 valence electrons. The summed E-state index contributed by atoms with van der Waals surface area (Å²) in [6.45, 7) is 4.01. The van der Waals surface area contributed by atoms with E-state index < -0.39 is 0 Å². The van der Waals surface area contributed by atoms with Crippen molar-refractivity contribution in [3.63, 3.8) is 0 Å². The van der Waals surface area contributed by atoms with Crippen molar-refractivity contribution < 1.29 is 0 Å². The highest BCUT2D eigenvalue weighted by Gasteiger charge is 2.28. The van der Waals surface area contributed by atoms with Crippen molar-refractivity contribution in [2.75, 3.05) is 18.0 Å². The maximum Gasteiger partial charge on any atom is 0.157 e.